The molecule has 3 nitrogen and oxygen atoms in total. The first-order valence-electron chi connectivity index (χ1n) is 6.80. The van der Waals surface area contributed by atoms with E-state index in [9.17, 15) is 0 Å². The van der Waals surface area contributed by atoms with Gasteiger partial charge in [0.2, 0.25) is 0 Å². The molecule has 0 saturated heterocycles. The van der Waals surface area contributed by atoms with Gasteiger partial charge in [0.05, 0.1) is 0 Å². The van der Waals surface area contributed by atoms with Crippen LogP contribution < -0.4 is 11.1 Å². The molecule has 100 valence electrons. The second-order valence-corrected chi connectivity index (χ2v) is 5.61. The summed E-state index contributed by atoms with van der Waals surface area (Å²) < 4.78 is 0. The predicted octanol–water partition coefficient (Wildman–Crippen LogP) is 2.89. The van der Waals surface area contributed by atoms with Gasteiger partial charge in [0, 0.05) is 12.6 Å². The van der Waals surface area contributed by atoms with Crippen molar-refractivity contribution in [2.45, 2.75) is 57.9 Å². The van der Waals surface area contributed by atoms with Crippen LogP contribution in [0.3, 0.4) is 0 Å². The number of nitrogens with zero attached hydrogens (tertiary/aromatic N) is 1. The number of aliphatic imine (C=N–C) groups is 1. The minimum absolute atomic E-state index is 0. The molecule has 4 heteroatoms. The average molecular weight is 351 g/mol. The molecule has 0 spiro atoms. The summed E-state index contributed by atoms with van der Waals surface area (Å²) >= 11 is 0. The van der Waals surface area contributed by atoms with Gasteiger partial charge >= 0.3 is 0 Å². The maximum atomic E-state index is 5.80. The normalized spacial score (nSPS) is 29.6. The lowest BCUT2D eigenvalue weighted by Crippen LogP contribution is -2.33. The van der Waals surface area contributed by atoms with Crippen molar-refractivity contribution < 1.29 is 0 Å². The molecule has 0 aromatic rings. The number of nitrogens with two attached hydrogens (primary N) is 1. The van der Waals surface area contributed by atoms with Crippen LogP contribution in [-0.2, 0) is 0 Å². The fourth-order valence-electron chi connectivity index (χ4n) is 2.67. The molecular formula is C13H26IN3. The van der Waals surface area contributed by atoms with Crippen molar-refractivity contribution >= 4 is 29.9 Å². The Bertz CT molecular complexity index is 251. The molecule has 0 radical (unpaired) electrons. The van der Waals surface area contributed by atoms with Gasteiger partial charge in [-0.15, -0.1) is 24.0 Å². The molecule has 2 rings (SSSR count). The maximum Gasteiger partial charge on any atom is 0.188 e. The fourth-order valence-corrected chi connectivity index (χ4v) is 2.67. The van der Waals surface area contributed by atoms with Crippen LogP contribution in [0.25, 0.3) is 0 Å². The second kappa shape index (κ2) is 7.44. The van der Waals surface area contributed by atoms with E-state index in [2.05, 4.69) is 17.2 Å². The van der Waals surface area contributed by atoms with Crippen LogP contribution >= 0.6 is 24.0 Å². The van der Waals surface area contributed by atoms with Crippen LogP contribution in [-0.4, -0.2) is 18.5 Å². The molecule has 2 fully saturated rings. The Morgan fingerprint density at radius 2 is 2.06 bits per heavy atom. The third kappa shape index (κ3) is 5.93. The van der Waals surface area contributed by atoms with Gasteiger partial charge in [-0.2, -0.15) is 0 Å². The van der Waals surface area contributed by atoms with Gasteiger partial charge < -0.3 is 11.1 Å². The van der Waals surface area contributed by atoms with Gasteiger partial charge in [-0.3, -0.25) is 4.99 Å². The van der Waals surface area contributed by atoms with Crippen LogP contribution in [0.5, 0.6) is 0 Å². The standard InChI is InChI=1S/C13H25N3.HI/c1-10-3-2-4-11(9-10)7-8-15-13(14)16-12-5-6-12;/h10-12H,2-9H2,1H3,(H3,14,15,16);1H. The monoisotopic (exact) mass is 351 g/mol. The number of rotatable bonds is 4. The summed E-state index contributed by atoms with van der Waals surface area (Å²) in [7, 11) is 0. The van der Waals surface area contributed by atoms with Gasteiger partial charge in [0.1, 0.15) is 0 Å². The molecule has 17 heavy (non-hydrogen) atoms. The van der Waals surface area contributed by atoms with Gasteiger partial charge in [-0.05, 0) is 37.5 Å². The van der Waals surface area contributed by atoms with Crippen LogP contribution in [0.1, 0.15) is 51.9 Å². The maximum absolute atomic E-state index is 5.80. The predicted molar refractivity (Wildman–Crippen MR) is 83.8 cm³/mol. The molecule has 0 heterocycles. The number of guanidine groups is 1. The Hall–Kier alpha value is 0. The summed E-state index contributed by atoms with van der Waals surface area (Å²) in [5, 5.41) is 3.23. The molecule has 2 saturated carbocycles. The molecule has 2 unspecified atom stereocenters. The van der Waals surface area contributed by atoms with E-state index in [1.54, 1.807) is 0 Å². The highest BCUT2D eigenvalue weighted by atomic mass is 127. The number of hydrogen-bond donors (Lipinski definition) is 2. The summed E-state index contributed by atoms with van der Waals surface area (Å²) in [6.07, 6.45) is 9.36. The summed E-state index contributed by atoms with van der Waals surface area (Å²) in [6, 6.07) is 0.624. The van der Waals surface area contributed by atoms with Crippen molar-refractivity contribution in [3.05, 3.63) is 0 Å². The number of hydrogen-bond acceptors (Lipinski definition) is 1. The molecule has 0 aromatic heterocycles. The highest BCUT2D eigenvalue weighted by molar-refractivity contribution is 14.0. The van der Waals surface area contributed by atoms with Gasteiger partial charge in [-0.25, -0.2) is 0 Å². The van der Waals surface area contributed by atoms with Crippen molar-refractivity contribution in [3.63, 3.8) is 0 Å². The zero-order valence-corrected chi connectivity index (χ0v) is 13.2. The Morgan fingerprint density at radius 3 is 2.71 bits per heavy atom. The Labute approximate surface area is 122 Å². The highest BCUT2D eigenvalue weighted by Crippen LogP contribution is 2.30. The quantitative estimate of drug-likeness (QED) is 0.465. The number of halogens is 1. The van der Waals surface area contributed by atoms with Crippen LogP contribution in [0, 0.1) is 11.8 Å². The SMILES string of the molecule is CC1CCCC(CCN=C(N)NC2CC2)C1.I. The molecular weight excluding hydrogens is 325 g/mol. The van der Waals surface area contributed by atoms with Crippen molar-refractivity contribution in [1.82, 2.24) is 5.32 Å². The molecule has 0 bridgehead atoms. The molecule has 0 aliphatic heterocycles. The average Bonchev–Trinajstić information content (AvgIpc) is 3.02. The summed E-state index contributed by atoms with van der Waals surface area (Å²) in [5.41, 5.74) is 5.80. The van der Waals surface area contributed by atoms with E-state index in [0.29, 0.717) is 12.0 Å². The molecule has 2 atom stereocenters. The summed E-state index contributed by atoms with van der Waals surface area (Å²) in [5.74, 6) is 2.47. The van der Waals surface area contributed by atoms with Crippen molar-refractivity contribution in [1.29, 1.82) is 0 Å². The van der Waals surface area contributed by atoms with E-state index in [-0.39, 0.29) is 24.0 Å². The van der Waals surface area contributed by atoms with Gasteiger partial charge in [0.25, 0.3) is 0 Å². The Kier molecular flexibility index (Phi) is 6.59. The topological polar surface area (TPSA) is 50.4 Å². The Morgan fingerprint density at radius 1 is 1.29 bits per heavy atom. The zero-order valence-electron chi connectivity index (χ0n) is 10.8. The van der Waals surface area contributed by atoms with E-state index in [1.165, 1.54) is 44.9 Å². The van der Waals surface area contributed by atoms with E-state index >= 15 is 0 Å². The van der Waals surface area contributed by atoms with E-state index in [0.717, 1.165) is 18.4 Å². The highest BCUT2D eigenvalue weighted by Gasteiger charge is 2.21. The smallest absolute Gasteiger partial charge is 0.188 e. The summed E-state index contributed by atoms with van der Waals surface area (Å²) in [6.45, 7) is 3.28. The van der Waals surface area contributed by atoms with Crippen LogP contribution in [0.15, 0.2) is 4.99 Å². The molecule has 0 aromatic carbocycles. The van der Waals surface area contributed by atoms with Crippen molar-refractivity contribution in [2.75, 3.05) is 6.54 Å². The Balaban J connectivity index is 0.00000144. The number of nitrogens with one attached hydrogen (secondary N) is 1. The van der Waals surface area contributed by atoms with E-state index in [1.807, 2.05) is 0 Å². The second-order valence-electron chi connectivity index (χ2n) is 5.61. The van der Waals surface area contributed by atoms with Crippen LogP contribution in [0.4, 0.5) is 0 Å². The third-order valence-corrected chi connectivity index (χ3v) is 3.79. The lowest BCUT2D eigenvalue weighted by atomic mass is 9.81. The summed E-state index contributed by atoms with van der Waals surface area (Å²) in [4.78, 5) is 4.41. The largest absolute Gasteiger partial charge is 0.370 e. The van der Waals surface area contributed by atoms with Gasteiger partial charge in [0.15, 0.2) is 5.96 Å². The van der Waals surface area contributed by atoms with Crippen molar-refractivity contribution in [3.8, 4) is 0 Å². The van der Waals surface area contributed by atoms with E-state index < -0.39 is 0 Å². The van der Waals surface area contributed by atoms with E-state index in [4.69, 9.17) is 5.73 Å². The first-order chi connectivity index (χ1) is 7.74. The van der Waals surface area contributed by atoms with Crippen molar-refractivity contribution in [2.24, 2.45) is 22.6 Å². The molecule has 2 aliphatic rings. The minimum Gasteiger partial charge on any atom is -0.370 e. The zero-order chi connectivity index (χ0) is 11.4. The third-order valence-electron chi connectivity index (χ3n) is 3.79. The lowest BCUT2D eigenvalue weighted by Gasteiger charge is -2.26. The first-order valence-corrected chi connectivity index (χ1v) is 6.80. The molecule has 3 N–H and O–H groups in total. The first kappa shape index (κ1) is 15.1. The fraction of sp³-hybridized carbons (Fsp3) is 0.923. The van der Waals surface area contributed by atoms with Crippen LogP contribution in [0.2, 0.25) is 0 Å². The molecule has 0 amide bonds. The molecule has 2 aliphatic carbocycles. The van der Waals surface area contributed by atoms with Gasteiger partial charge in [-0.1, -0.05) is 26.2 Å². The minimum atomic E-state index is 0. The lowest BCUT2D eigenvalue weighted by molar-refractivity contribution is 0.272.